The van der Waals surface area contributed by atoms with Crippen LogP contribution in [0, 0.1) is 32.1 Å². The highest BCUT2D eigenvalue weighted by Gasteiger charge is 2.56. The van der Waals surface area contributed by atoms with Gasteiger partial charge in [0.2, 0.25) is 12.7 Å². The quantitative estimate of drug-likeness (QED) is 0.401. The summed E-state index contributed by atoms with van der Waals surface area (Å²) in [6.07, 6.45) is -4.41. The first-order chi connectivity index (χ1) is 21.2. The molecule has 4 heterocycles. The van der Waals surface area contributed by atoms with Crippen LogP contribution in [0.15, 0.2) is 6.07 Å². The second kappa shape index (κ2) is 10.7. The van der Waals surface area contributed by atoms with Crippen molar-refractivity contribution in [2.24, 2.45) is 0 Å². The second-order valence-corrected chi connectivity index (χ2v) is 12.3. The van der Waals surface area contributed by atoms with Gasteiger partial charge in [0.25, 0.3) is 0 Å². The molecule has 4 aliphatic heterocycles. The monoisotopic (exact) mass is 629 g/mol. The van der Waals surface area contributed by atoms with Gasteiger partial charge in [0.05, 0.1) is 18.2 Å². The van der Waals surface area contributed by atoms with Crippen LogP contribution >= 0.6 is 0 Å². The maximum Gasteiger partial charge on any atom is 0.471 e. The van der Waals surface area contributed by atoms with Crippen LogP contribution in [0.4, 0.5) is 13.2 Å². The average molecular weight is 630 g/mol. The largest absolute Gasteiger partial charge is 0.507 e. The summed E-state index contributed by atoms with van der Waals surface area (Å²) in [6.45, 7) is 6.33. The van der Waals surface area contributed by atoms with Crippen LogP contribution in [0.2, 0.25) is 0 Å². The molecule has 4 N–H and O–H groups in total. The Bertz CT molecular complexity index is 1660. The van der Waals surface area contributed by atoms with Crippen LogP contribution in [0.25, 0.3) is 0 Å². The van der Waals surface area contributed by atoms with E-state index in [1.165, 1.54) is 0 Å². The number of likely N-dealkylation sites (N-methyl/N-ethyl adjacent to an activating group) is 1. The van der Waals surface area contributed by atoms with E-state index in [1.807, 2.05) is 31.9 Å². The maximum atomic E-state index is 13.0. The summed E-state index contributed by atoms with van der Waals surface area (Å²) in [5.41, 5.74) is 4.89. The first-order valence-electron chi connectivity index (χ1n) is 14.7. The minimum Gasteiger partial charge on any atom is -0.507 e. The van der Waals surface area contributed by atoms with Crippen molar-refractivity contribution in [1.29, 1.82) is 5.26 Å². The van der Waals surface area contributed by atoms with Gasteiger partial charge in [0.15, 0.2) is 11.5 Å². The third-order valence-electron chi connectivity index (χ3n) is 9.93. The SMILES string of the molecule is Cc1cc2c(c(O)c1C)[C@H]1C3Cc4c(O)c(C)c5c(c4[C@H](CNC(=O)[C@@H](C)NC(=O)C(F)(F)F)N3[C@@H](C#N)[C@H](C2)N1C)OCO5. The third-order valence-corrected chi connectivity index (χ3v) is 9.93. The number of carbonyl (C=O) groups is 2. The molecule has 1 unspecified atom stereocenters. The van der Waals surface area contributed by atoms with Gasteiger partial charge in [-0.25, -0.2) is 0 Å². The Hall–Kier alpha value is -4.22. The van der Waals surface area contributed by atoms with Crippen LogP contribution in [-0.2, 0) is 22.4 Å². The van der Waals surface area contributed by atoms with Gasteiger partial charge in [-0.2, -0.15) is 18.4 Å². The Kier molecular flexibility index (Phi) is 7.32. The lowest BCUT2D eigenvalue weighted by Gasteiger charge is -2.60. The molecule has 1 fully saturated rings. The fraction of sp³-hybridized carbons (Fsp3) is 0.516. The van der Waals surface area contributed by atoms with Gasteiger partial charge in [-0.3, -0.25) is 19.4 Å². The van der Waals surface area contributed by atoms with E-state index in [1.54, 1.807) is 12.2 Å². The molecule has 1 saturated heterocycles. The number of nitriles is 1. The lowest BCUT2D eigenvalue weighted by atomic mass is 9.71. The number of hydrogen-bond donors (Lipinski definition) is 4. The average Bonchev–Trinajstić information content (AvgIpc) is 3.47. The number of hydrogen-bond acceptors (Lipinski definition) is 9. The molecule has 2 amide bonds. The van der Waals surface area contributed by atoms with Gasteiger partial charge in [-0.1, -0.05) is 6.07 Å². The Morgan fingerprint density at radius 3 is 2.44 bits per heavy atom. The van der Waals surface area contributed by atoms with Gasteiger partial charge in [0.1, 0.15) is 23.6 Å². The highest BCUT2D eigenvalue weighted by atomic mass is 19.4. The minimum absolute atomic E-state index is 0.0188. The predicted octanol–water partition coefficient (Wildman–Crippen LogP) is 2.71. The number of alkyl halides is 3. The third kappa shape index (κ3) is 4.63. The van der Waals surface area contributed by atoms with Crippen molar-refractivity contribution in [2.45, 2.75) is 83.0 Å². The van der Waals surface area contributed by atoms with Gasteiger partial charge in [-0.05, 0) is 64.3 Å². The number of ether oxygens (including phenoxy) is 2. The number of aryl methyl sites for hydroxylation is 1. The van der Waals surface area contributed by atoms with Crippen molar-refractivity contribution in [3.8, 4) is 29.1 Å². The molecule has 0 saturated carbocycles. The Morgan fingerprint density at radius 2 is 1.78 bits per heavy atom. The van der Waals surface area contributed by atoms with Crippen LogP contribution in [-0.4, -0.2) is 82.6 Å². The first kappa shape index (κ1) is 30.8. The maximum absolute atomic E-state index is 13.0. The highest BCUT2D eigenvalue weighted by Crippen LogP contribution is 2.57. The molecular weight excluding hydrogens is 595 g/mol. The molecule has 0 spiro atoms. The topological polar surface area (TPSA) is 147 Å². The number of rotatable bonds is 4. The lowest BCUT2D eigenvalue weighted by molar-refractivity contribution is -0.174. The molecular formula is C31H34F3N5O6. The number of carbonyl (C=O) groups excluding carboxylic acids is 2. The Balaban J connectivity index is 1.47. The molecule has 45 heavy (non-hydrogen) atoms. The van der Waals surface area contributed by atoms with Crippen molar-refractivity contribution in [3.05, 3.63) is 45.0 Å². The Morgan fingerprint density at radius 1 is 1.09 bits per heavy atom. The van der Waals surface area contributed by atoms with E-state index in [0.29, 0.717) is 34.6 Å². The van der Waals surface area contributed by atoms with Crippen molar-refractivity contribution in [1.82, 2.24) is 20.4 Å². The summed E-state index contributed by atoms with van der Waals surface area (Å²) >= 11 is 0. The summed E-state index contributed by atoms with van der Waals surface area (Å²) in [5, 5.41) is 37.9. The molecule has 6 rings (SSSR count). The molecule has 11 nitrogen and oxygen atoms in total. The highest BCUT2D eigenvalue weighted by molar-refractivity contribution is 5.89. The van der Waals surface area contributed by atoms with E-state index in [4.69, 9.17) is 9.47 Å². The number of piperazine rings is 1. The van der Waals surface area contributed by atoms with Crippen molar-refractivity contribution in [3.63, 3.8) is 0 Å². The molecule has 2 bridgehead atoms. The van der Waals surface area contributed by atoms with Crippen molar-refractivity contribution >= 4 is 11.8 Å². The molecule has 14 heteroatoms. The van der Waals surface area contributed by atoms with Crippen LogP contribution in [0.1, 0.15) is 58.0 Å². The van der Waals surface area contributed by atoms with Gasteiger partial charge in [0, 0.05) is 40.9 Å². The summed E-state index contributed by atoms with van der Waals surface area (Å²) in [6, 6.07) is 0.326. The predicted molar refractivity (Wildman–Crippen MR) is 153 cm³/mol. The number of amides is 2. The molecule has 2 aromatic carbocycles. The number of aromatic hydroxyl groups is 2. The number of nitrogens with one attached hydrogen (secondary N) is 2. The normalized spacial score (nSPS) is 25.8. The molecule has 0 aromatic heterocycles. The molecule has 240 valence electrons. The Labute approximate surface area is 257 Å². The van der Waals surface area contributed by atoms with E-state index in [2.05, 4.69) is 16.3 Å². The molecule has 0 aliphatic carbocycles. The van der Waals surface area contributed by atoms with E-state index in [9.17, 15) is 38.2 Å². The van der Waals surface area contributed by atoms with E-state index >= 15 is 0 Å². The number of nitrogens with zero attached hydrogens (tertiary/aromatic N) is 3. The molecule has 4 aliphatic rings. The number of benzene rings is 2. The molecule has 0 radical (unpaired) electrons. The molecule has 6 atom stereocenters. The lowest BCUT2D eigenvalue weighted by Crippen LogP contribution is -2.69. The van der Waals surface area contributed by atoms with Crippen LogP contribution in [0.3, 0.4) is 0 Å². The van der Waals surface area contributed by atoms with E-state index < -0.39 is 48.2 Å². The number of fused-ring (bicyclic) bond motifs is 9. The van der Waals surface area contributed by atoms with E-state index in [-0.39, 0.29) is 37.3 Å². The van der Waals surface area contributed by atoms with Gasteiger partial charge in [-0.15, -0.1) is 0 Å². The fourth-order valence-corrected chi connectivity index (χ4v) is 7.60. The zero-order chi connectivity index (χ0) is 32.7. The van der Waals surface area contributed by atoms with Crippen LogP contribution < -0.4 is 20.1 Å². The molecule has 2 aromatic rings. The standard InChI is InChI=1S/C31H34F3N5O6/c1-12-6-16-7-18-20(9-35)39-19(24(38(18)5)22(16)26(41)13(12)2)8-17-23(28-27(44-11-45-28)14(3)25(17)40)21(39)10-36-29(42)15(4)37-30(43)31(32,33)34/h6,15,18-21,24,40-41H,7-8,10-11H2,1-5H3,(H,36,42)(H,37,43)/t15-,18+,19?,20+,21+,24-/m1/s1. The van der Waals surface area contributed by atoms with Gasteiger partial charge >= 0.3 is 12.1 Å². The second-order valence-electron chi connectivity index (χ2n) is 12.3. The zero-order valence-corrected chi connectivity index (χ0v) is 25.4. The smallest absolute Gasteiger partial charge is 0.471 e. The van der Waals surface area contributed by atoms with Crippen LogP contribution in [0.5, 0.6) is 23.0 Å². The summed E-state index contributed by atoms with van der Waals surface area (Å²) in [4.78, 5) is 28.6. The number of halogens is 3. The zero-order valence-electron chi connectivity index (χ0n) is 25.4. The summed E-state index contributed by atoms with van der Waals surface area (Å²) in [7, 11) is 1.91. The summed E-state index contributed by atoms with van der Waals surface area (Å²) in [5.74, 6) is -2.24. The van der Waals surface area contributed by atoms with Crippen molar-refractivity contribution in [2.75, 3.05) is 20.4 Å². The number of phenols is 2. The fourth-order valence-electron chi connectivity index (χ4n) is 7.60. The van der Waals surface area contributed by atoms with Crippen molar-refractivity contribution < 1.29 is 42.4 Å². The first-order valence-corrected chi connectivity index (χ1v) is 14.7. The minimum atomic E-state index is -5.16. The summed E-state index contributed by atoms with van der Waals surface area (Å²) < 4.78 is 50.1. The van der Waals surface area contributed by atoms with E-state index in [0.717, 1.165) is 29.2 Å². The number of phenolic OH excluding ortho intramolecular Hbond substituents is 2. The van der Waals surface area contributed by atoms with Gasteiger partial charge < -0.3 is 30.3 Å².